The number of aliphatic hydroxyl groups is 7. The smallest absolute Gasteiger partial charge is 0.306 e. The molecule has 2 rings (SSSR count). The van der Waals surface area contributed by atoms with Gasteiger partial charge in [-0.3, -0.25) is 9.59 Å². The van der Waals surface area contributed by atoms with Gasteiger partial charge in [0.15, 0.2) is 18.7 Å². The molecule has 11 atom stereocenters. The highest BCUT2D eigenvalue weighted by atomic mass is 16.7. The molecule has 0 spiro atoms. The molecule has 2 fully saturated rings. The van der Waals surface area contributed by atoms with Crippen LogP contribution in [0.25, 0.3) is 0 Å². The molecule has 0 aromatic carbocycles. The summed E-state index contributed by atoms with van der Waals surface area (Å²) in [6.45, 7) is 2.42. The second-order valence-electron chi connectivity index (χ2n) is 18.8. The number of hydrogen-bond donors (Lipinski definition) is 7. The Morgan fingerprint density at radius 1 is 0.471 bits per heavy atom. The molecule has 15 nitrogen and oxygen atoms in total. The van der Waals surface area contributed by atoms with Crippen molar-refractivity contribution < 1.29 is 73.8 Å². The Morgan fingerprint density at radius 3 is 1.46 bits per heavy atom. The lowest BCUT2D eigenvalue weighted by Gasteiger charge is -2.42. The van der Waals surface area contributed by atoms with Crippen molar-refractivity contribution in [3.63, 3.8) is 0 Å². The molecule has 7 N–H and O–H groups in total. The summed E-state index contributed by atoms with van der Waals surface area (Å²) in [4.78, 5) is 25.8. The molecule has 0 amide bonds. The first-order valence-corrected chi connectivity index (χ1v) is 26.9. The van der Waals surface area contributed by atoms with E-state index in [-0.39, 0.29) is 19.4 Å². The molecule has 2 aliphatic heterocycles. The normalized spacial score (nSPS) is 25.8. The first kappa shape index (κ1) is 63.3. The van der Waals surface area contributed by atoms with Crippen LogP contribution in [0.2, 0.25) is 0 Å². The summed E-state index contributed by atoms with van der Waals surface area (Å²) >= 11 is 0. The average Bonchev–Trinajstić information content (AvgIpc) is 3.35. The van der Waals surface area contributed by atoms with Crippen LogP contribution in [0.15, 0.2) is 60.8 Å². The summed E-state index contributed by atoms with van der Waals surface area (Å²) in [7, 11) is 0. The van der Waals surface area contributed by atoms with Crippen LogP contribution in [-0.4, -0.2) is 142 Å². The van der Waals surface area contributed by atoms with E-state index in [2.05, 4.69) is 38.2 Å². The van der Waals surface area contributed by atoms with Crippen molar-refractivity contribution in [2.24, 2.45) is 0 Å². The van der Waals surface area contributed by atoms with Gasteiger partial charge in [0.2, 0.25) is 0 Å². The summed E-state index contributed by atoms with van der Waals surface area (Å²) in [5, 5.41) is 72.2. The molecule has 0 aromatic heterocycles. The van der Waals surface area contributed by atoms with Crippen molar-refractivity contribution in [3.05, 3.63) is 60.8 Å². The predicted octanol–water partition coefficient (Wildman–Crippen LogP) is 8.05. The van der Waals surface area contributed by atoms with E-state index in [1.807, 2.05) is 36.5 Å². The fraction of sp³-hybridized carbons (Fsp3) is 0.782. The first-order chi connectivity index (χ1) is 34.0. The first-order valence-electron chi connectivity index (χ1n) is 26.9. The minimum absolute atomic E-state index is 0.155. The molecule has 0 saturated carbocycles. The largest absolute Gasteiger partial charge is 0.462 e. The molecule has 0 aliphatic carbocycles. The van der Waals surface area contributed by atoms with Gasteiger partial charge in [-0.2, -0.15) is 0 Å². The SMILES string of the molecule is CC/C=C/C=C/C=C/C=C/CCCCCCCC(=O)OC[C@H](CO[C@H]1O[C@@H](CO[C@H]2O[C@@H](CO)[C@@H](O)C(O)C2O)[C@@H](O)C(O)C1O)OC(=O)CCCCCCCCCCC/C=C/CCCCCCCC. The zero-order valence-corrected chi connectivity index (χ0v) is 42.7. The molecule has 0 radical (unpaired) electrons. The number of esters is 2. The second kappa shape index (κ2) is 41.6. The van der Waals surface area contributed by atoms with Gasteiger partial charge in [0.25, 0.3) is 0 Å². The molecule has 0 aromatic rings. The number of ether oxygens (including phenoxy) is 6. The third-order valence-corrected chi connectivity index (χ3v) is 12.6. The van der Waals surface area contributed by atoms with E-state index in [4.69, 9.17) is 28.4 Å². The second-order valence-corrected chi connectivity index (χ2v) is 18.8. The highest BCUT2D eigenvalue weighted by Crippen LogP contribution is 2.26. The van der Waals surface area contributed by atoms with Gasteiger partial charge in [-0.1, -0.05) is 171 Å². The number of carbonyl (C=O) groups excluding carboxylic acids is 2. The number of unbranched alkanes of at least 4 members (excludes halogenated alkanes) is 20. The molecule has 4 unspecified atom stereocenters. The molecule has 70 heavy (non-hydrogen) atoms. The molecule has 2 heterocycles. The quantitative estimate of drug-likeness (QED) is 0.0133. The Bertz CT molecular complexity index is 1450. The molecule has 404 valence electrons. The van der Waals surface area contributed by atoms with Crippen molar-refractivity contribution in [3.8, 4) is 0 Å². The lowest BCUT2D eigenvalue weighted by Crippen LogP contribution is -2.61. The van der Waals surface area contributed by atoms with Crippen LogP contribution in [0.4, 0.5) is 0 Å². The van der Waals surface area contributed by atoms with Crippen molar-refractivity contribution in [1.82, 2.24) is 0 Å². The predicted molar refractivity (Wildman–Crippen MR) is 270 cm³/mol. The Morgan fingerprint density at radius 2 is 0.914 bits per heavy atom. The van der Waals surface area contributed by atoms with Crippen LogP contribution < -0.4 is 0 Å². The van der Waals surface area contributed by atoms with E-state index in [1.165, 1.54) is 70.6 Å². The lowest BCUT2D eigenvalue weighted by atomic mass is 9.98. The van der Waals surface area contributed by atoms with Gasteiger partial charge in [-0.25, -0.2) is 0 Å². The Kier molecular flexibility index (Phi) is 37.7. The number of aliphatic hydroxyl groups excluding tert-OH is 7. The van der Waals surface area contributed by atoms with Crippen LogP contribution >= 0.6 is 0 Å². The Hall–Kier alpha value is -2.80. The van der Waals surface area contributed by atoms with Crippen LogP contribution in [0.5, 0.6) is 0 Å². The molecule has 2 aliphatic rings. The van der Waals surface area contributed by atoms with Crippen molar-refractivity contribution in [2.45, 2.75) is 248 Å². The zero-order chi connectivity index (χ0) is 51.0. The van der Waals surface area contributed by atoms with Crippen molar-refractivity contribution in [1.29, 1.82) is 0 Å². The van der Waals surface area contributed by atoms with E-state index in [0.717, 1.165) is 70.6 Å². The van der Waals surface area contributed by atoms with Gasteiger partial charge in [0.1, 0.15) is 55.4 Å². The third kappa shape index (κ3) is 29.0. The summed E-state index contributed by atoms with van der Waals surface area (Å²) in [6, 6.07) is 0. The van der Waals surface area contributed by atoms with E-state index in [9.17, 15) is 45.3 Å². The molecule has 15 heteroatoms. The highest BCUT2D eigenvalue weighted by molar-refractivity contribution is 5.70. The molecular formula is C55H94O15. The number of allylic oxidation sites excluding steroid dienone is 10. The molecule has 2 saturated heterocycles. The molecular weight excluding hydrogens is 901 g/mol. The maximum atomic E-state index is 13.0. The van der Waals surface area contributed by atoms with Crippen molar-refractivity contribution in [2.75, 3.05) is 26.4 Å². The van der Waals surface area contributed by atoms with Crippen LogP contribution in [-0.2, 0) is 38.0 Å². The fourth-order valence-corrected chi connectivity index (χ4v) is 8.16. The van der Waals surface area contributed by atoms with Gasteiger partial charge < -0.3 is 64.2 Å². The summed E-state index contributed by atoms with van der Waals surface area (Å²) in [6.07, 6.45) is 31.0. The number of rotatable bonds is 41. The minimum atomic E-state index is -1.77. The fourth-order valence-electron chi connectivity index (χ4n) is 8.16. The van der Waals surface area contributed by atoms with Crippen LogP contribution in [0.1, 0.15) is 181 Å². The van der Waals surface area contributed by atoms with Gasteiger partial charge in [-0.15, -0.1) is 0 Å². The number of carbonyl (C=O) groups is 2. The monoisotopic (exact) mass is 995 g/mol. The van der Waals surface area contributed by atoms with E-state index in [0.29, 0.717) is 12.8 Å². The van der Waals surface area contributed by atoms with E-state index in [1.54, 1.807) is 0 Å². The van der Waals surface area contributed by atoms with E-state index >= 15 is 0 Å². The number of hydrogen-bond acceptors (Lipinski definition) is 15. The summed E-state index contributed by atoms with van der Waals surface area (Å²) in [5.74, 6) is -0.955. The standard InChI is InChI=1S/C55H94O15/c1-3-5-7-9-11-13-15-17-19-20-21-22-24-26-28-30-32-34-36-38-47(58)68-43(40-65-46(57)37-35-33-31-29-27-25-23-18-16-14-12-10-8-6-4-2)41-66-54-53(64)51(62)49(60)45(70-54)42-67-55-52(63)50(61)48(59)44(39-56)69-55/h6,8,10,12,14,16-19,23,43-45,48-56,59-64H,3-5,7,9,11,13,15,20-22,24-42H2,1-2H3/b8-6+,12-10+,16-14+,19-17+,23-18+/t43-,44+,45+,48-,49-,50?,51?,52?,53?,54+,55+/m1/s1. The van der Waals surface area contributed by atoms with Crippen molar-refractivity contribution >= 4 is 11.9 Å². The zero-order valence-electron chi connectivity index (χ0n) is 42.7. The Labute approximate surface area is 420 Å². The van der Waals surface area contributed by atoms with Gasteiger partial charge >= 0.3 is 11.9 Å². The van der Waals surface area contributed by atoms with Crippen LogP contribution in [0.3, 0.4) is 0 Å². The van der Waals surface area contributed by atoms with E-state index < -0.39 is 99.3 Å². The average molecular weight is 995 g/mol. The van der Waals surface area contributed by atoms with Crippen LogP contribution in [0, 0.1) is 0 Å². The lowest BCUT2D eigenvalue weighted by molar-refractivity contribution is -0.332. The highest BCUT2D eigenvalue weighted by Gasteiger charge is 2.47. The minimum Gasteiger partial charge on any atom is -0.462 e. The third-order valence-electron chi connectivity index (χ3n) is 12.6. The Balaban J connectivity index is 1.80. The summed E-state index contributed by atoms with van der Waals surface area (Å²) < 4.78 is 33.6. The van der Waals surface area contributed by atoms with Gasteiger partial charge in [0, 0.05) is 12.8 Å². The maximum absolute atomic E-state index is 13.0. The molecule has 0 bridgehead atoms. The summed E-state index contributed by atoms with van der Waals surface area (Å²) in [5.41, 5.74) is 0. The van der Waals surface area contributed by atoms with Gasteiger partial charge in [0.05, 0.1) is 19.8 Å². The topological polar surface area (TPSA) is 231 Å². The van der Waals surface area contributed by atoms with Gasteiger partial charge in [-0.05, 0) is 57.8 Å². The maximum Gasteiger partial charge on any atom is 0.306 e.